The Morgan fingerprint density at radius 3 is 2.04 bits per heavy atom. The van der Waals surface area contributed by atoms with E-state index < -0.39 is 24.4 Å². The van der Waals surface area contributed by atoms with Crippen molar-refractivity contribution in [3.8, 4) is 0 Å². The van der Waals surface area contributed by atoms with Crippen molar-refractivity contribution in [2.75, 3.05) is 6.61 Å². The number of esters is 1. The molecule has 26 heavy (non-hydrogen) atoms. The number of amides is 2. The van der Waals surface area contributed by atoms with Crippen LogP contribution in [0.3, 0.4) is 0 Å². The molecule has 2 aromatic carbocycles. The Balaban J connectivity index is 1.78. The van der Waals surface area contributed by atoms with E-state index in [0.29, 0.717) is 17.0 Å². The van der Waals surface area contributed by atoms with Crippen LogP contribution in [0, 0.1) is 6.92 Å². The van der Waals surface area contributed by atoms with E-state index in [9.17, 15) is 14.4 Å². The number of hydrogen-bond acceptors (Lipinski definition) is 4. The van der Waals surface area contributed by atoms with Gasteiger partial charge in [0, 0.05) is 5.56 Å². The third-order valence-electron chi connectivity index (χ3n) is 3.78. The second kappa shape index (κ2) is 8.80. The number of rotatable bonds is 5. The van der Waals surface area contributed by atoms with Gasteiger partial charge in [-0.3, -0.25) is 20.4 Å². The van der Waals surface area contributed by atoms with Gasteiger partial charge < -0.3 is 4.74 Å². The summed E-state index contributed by atoms with van der Waals surface area (Å²) in [4.78, 5) is 35.5. The maximum absolute atomic E-state index is 11.9. The Morgan fingerprint density at radius 2 is 1.46 bits per heavy atom. The average Bonchev–Trinajstić information content (AvgIpc) is 2.64. The van der Waals surface area contributed by atoms with Crippen LogP contribution in [0.4, 0.5) is 0 Å². The van der Waals surface area contributed by atoms with E-state index >= 15 is 0 Å². The summed E-state index contributed by atoms with van der Waals surface area (Å²) in [5.41, 5.74) is 7.40. The number of hydrogen-bond donors (Lipinski definition) is 2. The highest BCUT2D eigenvalue weighted by Crippen LogP contribution is 2.15. The van der Waals surface area contributed by atoms with Crippen LogP contribution in [0.2, 0.25) is 0 Å². The van der Waals surface area contributed by atoms with Gasteiger partial charge >= 0.3 is 5.97 Å². The molecule has 2 N–H and O–H groups in total. The van der Waals surface area contributed by atoms with Crippen molar-refractivity contribution in [2.24, 2.45) is 0 Å². The van der Waals surface area contributed by atoms with Crippen molar-refractivity contribution >= 4 is 17.8 Å². The van der Waals surface area contributed by atoms with Gasteiger partial charge in [0.15, 0.2) is 6.61 Å². The molecule has 0 bridgehead atoms. The molecule has 136 valence electrons. The third-order valence-corrected chi connectivity index (χ3v) is 3.78. The van der Waals surface area contributed by atoms with E-state index in [0.717, 1.165) is 11.1 Å². The standard InChI is InChI=1S/C20H22N2O4/c1-13(2)15-8-10-17(11-9-15)20(25)26-12-18(23)21-22-19(24)16-6-4-14(3)5-7-16/h4-11,13H,12H2,1-3H3,(H,21,23)(H,22,24). The smallest absolute Gasteiger partial charge is 0.338 e. The molecule has 0 aliphatic rings. The first-order chi connectivity index (χ1) is 12.4. The molecule has 6 nitrogen and oxygen atoms in total. The summed E-state index contributed by atoms with van der Waals surface area (Å²) in [6.45, 7) is 5.54. The maximum Gasteiger partial charge on any atom is 0.338 e. The number of hydrazine groups is 1. The molecule has 0 atom stereocenters. The predicted molar refractivity (Wildman–Crippen MR) is 97.6 cm³/mol. The van der Waals surface area contributed by atoms with E-state index in [1.165, 1.54) is 0 Å². The van der Waals surface area contributed by atoms with Crippen LogP contribution in [-0.2, 0) is 9.53 Å². The van der Waals surface area contributed by atoms with E-state index in [-0.39, 0.29) is 0 Å². The fourth-order valence-corrected chi connectivity index (χ4v) is 2.16. The van der Waals surface area contributed by atoms with Gasteiger partial charge in [-0.1, -0.05) is 43.7 Å². The number of benzene rings is 2. The summed E-state index contributed by atoms with van der Waals surface area (Å²) in [5.74, 6) is -1.31. The van der Waals surface area contributed by atoms with Crippen molar-refractivity contribution in [1.82, 2.24) is 10.9 Å². The Labute approximate surface area is 152 Å². The second-order valence-corrected chi connectivity index (χ2v) is 6.22. The third kappa shape index (κ3) is 5.44. The van der Waals surface area contributed by atoms with Crippen LogP contribution in [-0.4, -0.2) is 24.4 Å². The molecule has 0 fully saturated rings. The first-order valence-corrected chi connectivity index (χ1v) is 8.29. The molecular formula is C20H22N2O4. The van der Waals surface area contributed by atoms with E-state index in [4.69, 9.17) is 4.74 Å². The minimum absolute atomic E-state index is 0.364. The molecule has 2 rings (SSSR count). The fourth-order valence-electron chi connectivity index (χ4n) is 2.16. The molecule has 0 unspecified atom stereocenters. The quantitative estimate of drug-likeness (QED) is 0.639. The van der Waals surface area contributed by atoms with Crippen LogP contribution in [0.1, 0.15) is 51.6 Å². The van der Waals surface area contributed by atoms with Crippen molar-refractivity contribution in [3.05, 3.63) is 70.8 Å². The van der Waals surface area contributed by atoms with E-state index in [2.05, 4.69) is 24.7 Å². The summed E-state index contributed by atoms with van der Waals surface area (Å²) in [6, 6.07) is 13.9. The lowest BCUT2D eigenvalue weighted by atomic mass is 10.0. The van der Waals surface area contributed by atoms with Crippen molar-refractivity contribution in [3.63, 3.8) is 0 Å². The monoisotopic (exact) mass is 354 g/mol. The molecule has 2 aromatic rings. The van der Waals surface area contributed by atoms with Crippen LogP contribution in [0.15, 0.2) is 48.5 Å². The van der Waals surface area contributed by atoms with Gasteiger partial charge in [0.2, 0.25) is 0 Å². The van der Waals surface area contributed by atoms with Crippen molar-refractivity contribution in [1.29, 1.82) is 0 Å². The molecule has 0 saturated carbocycles. The summed E-state index contributed by atoms with van der Waals surface area (Å²) < 4.78 is 4.94. The van der Waals surface area contributed by atoms with Gasteiger partial charge in [0.05, 0.1) is 5.56 Å². The summed E-state index contributed by atoms with van der Waals surface area (Å²) >= 11 is 0. The van der Waals surface area contributed by atoms with Crippen LogP contribution in [0.5, 0.6) is 0 Å². The normalized spacial score (nSPS) is 10.3. The van der Waals surface area contributed by atoms with E-state index in [1.807, 2.05) is 19.1 Å². The van der Waals surface area contributed by atoms with Gasteiger partial charge in [0.25, 0.3) is 11.8 Å². The van der Waals surface area contributed by atoms with Gasteiger partial charge in [-0.25, -0.2) is 4.79 Å². The lowest BCUT2D eigenvalue weighted by Crippen LogP contribution is -2.43. The van der Waals surface area contributed by atoms with Crippen LogP contribution < -0.4 is 10.9 Å². The van der Waals surface area contributed by atoms with Gasteiger partial charge in [0.1, 0.15) is 0 Å². The number of carbonyl (C=O) groups is 3. The van der Waals surface area contributed by atoms with Crippen molar-refractivity contribution in [2.45, 2.75) is 26.7 Å². The molecule has 0 radical (unpaired) electrons. The number of aryl methyl sites for hydroxylation is 1. The molecule has 0 aliphatic heterocycles. The topological polar surface area (TPSA) is 84.5 Å². The summed E-state index contributed by atoms with van der Waals surface area (Å²) in [6.07, 6.45) is 0. The zero-order chi connectivity index (χ0) is 19.1. The predicted octanol–water partition coefficient (Wildman–Crippen LogP) is 2.74. The second-order valence-electron chi connectivity index (χ2n) is 6.22. The SMILES string of the molecule is Cc1ccc(C(=O)NNC(=O)COC(=O)c2ccc(C(C)C)cc2)cc1. The first-order valence-electron chi connectivity index (χ1n) is 8.29. The molecule has 0 heterocycles. The zero-order valence-electron chi connectivity index (χ0n) is 15.0. The minimum Gasteiger partial charge on any atom is -0.452 e. The lowest BCUT2D eigenvalue weighted by molar-refractivity contribution is -0.125. The molecule has 0 aliphatic carbocycles. The highest BCUT2D eigenvalue weighted by molar-refractivity contribution is 5.96. The minimum atomic E-state index is -0.627. The molecule has 0 saturated heterocycles. The first kappa shape index (κ1) is 19.2. The van der Waals surface area contributed by atoms with Crippen LogP contribution in [0.25, 0.3) is 0 Å². The summed E-state index contributed by atoms with van der Waals surface area (Å²) in [7, 11) is 0. The molecular weight excluding hydrogens is 332 g/mol. The van der Waals surface area contributed by atoms with Gasteiger partial charge in [-0.2, -0.15) is 0 Å². The largest absolute Gasteiger partial charge is 0.452 e. The molecule has 6 heteroatoms. The molecule has 0 aromatic heterocycles. The maximum atomic E-state index is 11.9. The molecule has 0 spiro atoms. The zero-order valence-corrected chi connectivity index (χ0v) is 15.0. The Morgan fingerprint density at radius 1 is 0.885 bits per heavy atom. The summed E-state index contributed by atoms with van der Waals surface area (Å²) in [5, 5.41) is 0. The van der Waals surface area contributed by atoms with E-state index in [1.54, 1.807) is 36.4 Å². The Bertz CT molecular complexity index is 780. The lowest BCUT2D eigenvalue weighted by Gasteiger charge is -2.09. The molecule has 2 amide bonds. The Kier molecular flexibility index (Phi) is 6.49. The number of ether oxygens (including phenoxy) is 1. The Hall–Kier alpha value is -3.15. The number of carbonyl (C=O) groups excluding carboxylic acids is 3. The fraction of sp³-hybridized carbons (Fsp3) is 0.250. The van der Waals surface area contributed by atoms with Gasteiger partial charge in [-0.05, 0) is 42.7 Å². The number of nitrogens with one attached hydrogen (secondary N) is 2. The highest BCUT2D eigenvalue weighted by Gasteiger charge is 2.12. The average molecular weight is 354 g/mol. The van der Waals surface area contributed by atoms with Crippen LogP contribution >= 0.6 is 0 Å². The van der Waals surface area contributed by atoms with Gasteiger partial charge in [-0.15, -0.1) is 0 Å². The highest BCUT2D eigenvalue weighted by atomic mass is 16.5. The van der Waals surface area contributed by atoms with Crippen molar-refractivity contribution < 1.29 is 19.1 Å².